The van der Waals surface area contributed by atoms with Crippen LogP contribution in [-0.2, 0) is 4.74 Å². The van der Waals surface area contributed by atoms with E-state index in [0.717, 1.165) is 12.1 Å². The molecule has 1 saturated heterocycles. The number of anilines is 2. The number of ether oxygens (including phenoxy) is 2. The van der Waals surface area contributed by atoms with Crippen molar-refractivity contribution in [2.45, 2.75) is 38.9 Å². The molecule has 0 aliphatic carbocycles. The van der Waals surface area contributed by atoms with E-state index in [1.807, 2.05) is 22.6 Å². The highest BCUT2D eigenvalue weighted by Crippen LogP contribution is 2.33. The van der Waals surface area contributed by atoms with Crippen molar-refractivity contribution < 1.29 is 27.8 Å². The summed E-state index contributed by atoms with van der Waals surface area (Å²) in [5, 5.41) is 2.72. The molecule has 3 N–H and O–H groups in total. The summed E-state index contributed by atoms with van der Waals surface area (Å²) < 4.78 is 40.5. The van der Waals surface area contributed by atoms with Crippen LogP contribution in [0.25, 0.3) is 0 Å². The second kappa shape index (κ2) is 9.47. The summed E-state index contributed by atoms with van der Waals surface area (Å²) in [7, 11) is 0. The average Bonchev–Trinajstić information content (AvgIpc) is 3.10. The molecule has 10 heteroatoms. The number of carbonyl (C=O) groups excluding carboxylic acids is 2. The smallest absolute Gasteiger partial charge is 0.410 e. The third kappa shape index (κ3) is 5.99. The number of likely N-dealkylation sites (tertiary alicyclic amines) is 1. The van der Waals surface area contributed by atoms with Gasteiger partial charge in [-0.05, 0) is 67.6 Å². The number of rotatable bonds is 5. The van der Waals surface area contributed by atoms with Crippen molar-refractivity contribution in [1.82, 2.24) is 4.90 Å². The lowest BCUT2D eigenvalue weighted by Crippen LogP contribution is -2.36. The predicted molar refractivity (Wildman–Crippen MR) is 124 cm³/mol. The number of benzene rings is 2. The van der Waals surface area contributed by atoms with Gasteiger partial charge in [-0.1, -0.05) is 0 Å². The zero-order chi connectivity index (χ0) is 23.6. The van der Waals surface area contributed by atoms with Gasteiger partial charge in [0, 0.05) is 22.6 Å². The highest BCUT2D eigenvalue weighted by atomic mass is 127. The minimum Gasteiger partial charge on any atom is -0.487 e. The molecule has 0 saturated carbocycles. The van der Waals surface area contributed by atoms with Crippen molar-refractivity contribution in [3.8, 4) is 5.75 Å². The van der Waals surface area contributed by atoms with E-state index in [4.69, 9.17) is 15.2 Å². The highest BCUT2D eigenvalue weighted by molar-refractivity contribution is 14.1. The third-order valence-corrected chi connectivity index (χ3v) is 5.28. The summed E-state index contributed by atoms with van der Waals surface area (Å²) >= 11 is 1.96. The van der Waals surface area contributed by atoms with Crippen molar-refractivity contribution >= 4 is 46.0 Å². The molecule has 0 bridgehead atoms. The second-order valence-electron chi connectivity index (χ2n) is 8.39. The van der Waals surface area contributed by atoms with Crippen molar-refractivity contribution in [2.24, 2.45) is 5.73 Å². The molecule has 0 spiro atoms. The Balaban J connectivity index is 1.83. The fraction of sp³-hybridized carbons (Fsp3) is 0.364. The third-order valence-electron chi connectivity index (χ3n) is 4.60. The quantitative estimate of drug-likeness (QED) is 0.514. The summed E-state index contributed by atoms with van der Waals surface area (Å²) in [4.78, 5) is 25.9. The van der Waals surface area contributed by atoms with E-state index in [9.17, 15) is 18.4 Å². The Morgan fingerprint density at radius 2 is 1.91 bits per heavy atom. The van der Waals surface area contributed by atoms with Gasteiger partial charge in [0.15, 0.2) is 0 Å². The van der Waals surface area contributed by atoms with Gasteiger partial charge in [0.05, 0.1) is 17.9 Å². The van der Waals surface area contributed by atoms with E-state index in [2.05, 4.69) is 5.32 Å². The Morgan fingerprint density at radius 3 is 2.53 bits per heavy atom. The average molecular weight is 559 g/mol. The summed E-state index contributed by atoms with van der Waals surface area (Å²) in [6.07, 6.45) is -0.512. The summed E-state index contributed by atoms with van der Waals surface area (Å²) in [6, 6.07) is 6.53. The standard InChI is InChI=1S/C22H24F2IN3O4/c1-22(2,3)32-21(30)28-7-6-14(11-28)31-18-9-12(23)8-17(19(18)20(26)29)27-16-5-4-13(25)10-15(16)24/h4-5,8-10,14,27H,6-7,11H2,1-3H3,(H2,26,29). The molecule has 1 heterocycles. The highest BCUT2D eigenvalue weighted by Gasteiger charge is 2.32. The predicted octanol–water partition coefficient (Wildman–Crippen LogP) is 4.80. The number of primary amides is 1. The normalized spacial score (nSPS) is 16.1. The van der Waals surface area contributed by atoms with Crippen molar-refractivity contribution in [3.63, 3.8) is 0 Å². The van der Waals surface area contributed by atoms with Crippen molar-refractivity contribution in [2.75, 3.05) is 18.4 Å². The SMILES string of the molecule is CC(C)(C)OC(=O)N1CCC(Oc2cc(F)cc(Nc3ccc(I)cc3F)c2C(N)=O)C1. The Bertz CT molecular complexity index is 1040. The zero-order valence-corrected chi connectivity index (χ0v) is 20.0. The Hall–Kier alpha value is -2.63. The molecule has 2 amide bonds. The summed E-state index contributed by atoms with van der Waals surface area (Å²) in [6.45, 7) is 5.90. The molecule has 3 rings (SSSR count). The molecule has 1 unspecified atom stereocenters. The van der Waals surface area contributed by atoms with Gasteiger partial charge in [-0.25, -0.2) is 13.6 Å². The van der Waals surface area contributed by atoms with Gasteiger partial charge in [-0.2, -0.15) is 0 Å². The molecule has 1 aliphatic rings. The zero-order valence-electron chi connectivity index (χ0n) is 17.9. The number of nitrogens with one attached hydrogen (secondary N) is 1. The Labute approximate surface area is 198 Å². The molecule has 172 valence electrons. The van der Waals surface area contributed by atoms with Gasteiger partial charge >= 0.3 is 6.09 Å². The maximum Gasteiger partial charge on any atom is 0.410 e. The monoisotopic (exact) mass is 559 g/mol. The minimum absolute atomic E-state index is 0.0189. The number of nitrogens with zero attached hydrogens (tertiary/aromatic N) is 1. The van der Waals surface area contributed by atoms with Gasteiger partial charge in [0.1, 0.15) is 34.7 Å². The lowest BCUT2D eigenvalue weighted by atomic mass is 10.1. The number of carbonyl (C=O) groups is 2. The number of hydrogen-bond donors (Lipinski definition) is 2. The van der Waals surface area contributed by atoms with Crippen LogP contribution in [0.3, 0.4) is 0 Å². The van der Waals surface area contributed by atoms with Crippen molar-refractivity contribution in [1.29, 1.82) is 0 Å². The molecule has 0 aromatic heterocycles. The number of nitrogens with two attached hydrogens (primary N) is 1. The van der Waals surface area contributed by atoms with E-state index in [1.54, 1.807) is 26.8 Å². The van der Waals surface area contributed by atoms with E-state index in [0.29, 0.717) is 16.5 Å². The minimum atomic E-state index is -0.865. The van der Waals surface area contributed by atoms with Crippen LogP contribution in [0.15, 0.2) is 30.3 Å². The lowest BCUT2D eigenvalue weighted by Gasteiger charge is -2.24. The van der Waals surface area contributed by atoms with Gasteiger partial charge in [0.25, 0.3) is 5.91 Å². The fourth-order valence-electron chi connectivity index (χ4n) is 3.26. The largest absolute Gasteiger partial charge is 0.487 e. The summed E-state index contributed by atoms with van der Waals surface area (Å²) in [5.41, 5.74) is 4.83. The van der Waals surface area contributed by atoms with Crippen LogP contribution in [0.5, 0.6) is 5.75 Å². The molecular weight excluding hydrogens is 535 g/mol. The van der Waals surface area contributed by atoms with Gasteiger partial charge in [0.2, 0.25) is 0 Å². The van der Waals surface area contributed by atoms with Crippen molar-refractivity contribution in [3.05, 3.63) is 51.1 Å². The molecule has 1 fully saturated rings. The molecule has 32 heavy (non-hydrogen) atoms. The van der Waals surface area contributed by atoms with Crippen LogP contribution < -0.4 is 15.8 Å². The van der Waals surface area contributed by atoms with E-state index in [-0.39, 0.29) is 29.2 Å². The maximum atomic E-state index is 14.4. The van der Waals surface area contributed by atoms with Gasteiger partial charge in [-0.15, -0.1) is 0 Å². The van der Waals surface area contributed by atoms with E-state index >= 15 is 0 Å². The molecule has 2 aromatic carbocycles. The molecule has 1 atom stereocenters. The van der Waals surface area contributed by atoms with Gasteiger partial charge in [-0.3, -0.25) is 4.79 Å². The molecule has 2 aromatic rings. The van der Waals surface area contributed by atoms with Crippen LogP contribution in [0.4, 0.5) is 25.0 Å². The first-order chi connectivity index (χ1) is 14.9. The molecule has 0 radical (unpaired) electrons. The van der Waals surface area contributed by atoms with Crippen LogP contribution in [0, 0.1) is 15.2 Å². The van der Waals surface area contributed by atoms with Crippen LogP contribution in [0.2, 0.25) is 0 Å². The molecule has 7 nitrogen and oxygen atoms in total. The van der Waals surface area contributed by atoms with E-state index in [1.165, 1.54) is 17.0 Å². The Morgan fingerprint density at radius 1 is 1.19 bits per heavy atom. The lowest BCUT2D eigenvalue weighted by molar-refractivity contribution is 0.0275. The van der Waals surface area contributed by atoms with Gasteiger partial charge < -0.3 is 25.4 Å². The number of halogens is 3. The first-order valence-corrected chi connectivity index (χ1v) is 11.0. The molecule has 1 aliphatic heterocycles. The second-order valence-corrected chi connectivity index (χ2v) is 9.64. The number of hydrogen-bond acceptors (Lipinski definition) is 5. The number of amides is 2. The van der Waals surface area contributed by atoms with Crippen LogP contribution in [-0.4, -0.2) is 41.7 Å². The topological polar surface area (TPSA) is 93.9 Å². The first-order valence-electron chi connectivity index (χ1n) is 9.93. The first kappa shape index (κ1) is 24.0. The maximum absolute atomic E-state index is 14.4. The fourth-order valence-corrected chi connectivity index (χ4v) is 3.71. The Kier molecular flexibility index (Phi) is 7.11. The molecular formula is C22H24F2IN3O4. The van der Waals surface area contributed by atoms with Crippen LogP contribution >= 0.6 is 22.6 Å². The van der Waals surface area contributed by atoms with E-state index < -0.39 is 35.3 Å². The van der Waals surface area contributed by atoms with Crippen LogP contribution in [0.1, 0.15) is 37.6 Å². The summed E-state index contributed by atoms with van der Waals surface area (Å²) in [5.74, 6) is -2.21.